The fourth-order valence-electron chi connectivity index (χ4n) is 1.12. The van der Waals surface area contributed by atoms with Crippen molar-refractivity contribution in [1.82, 2.24) is 4.90 Å². The monoisotopic (exact) mass is 157 g/mol. The van der Waals surface area contributed by atoms with Gasteiger partial charge >= 0.3 is 0 Å². The number of Topliss-reactive ketones (excluding diaryl/α,β-unsaturated/α-hetero) is 1. The van der Waals surface area contributed by atoms with Crippen LogP contribution in [0.2, 0.25) is 0 Å². The first-order chi connectivity index (χ1) is 5.09. The van der Waals surface area contributed by atoms with Gasteiger partial charge in [0.05, 0.1) is 19.1 Å². The Hall–Kier alpha value is -0.900. The summed E-state index contributed by atoms with van der Waals surface area (Å²) in [6.45, 7) is 2.03. The summed E-state index contributed by atoms with van der Waals surface area (Å²) in [5.41, 5.74) is 0. The van der Waals surface area contributed by atoms with Gasteiger partial charge in [-0.1, -0.05) is 0 Å². The highest BCUT2D eigenvalue weighted by molar-refractivity contribution is 6.05. The van der Waals surface area contributed by atoms with E-state index in [9.17, 15) is 9.59 Å². The van der Waals surface area contributed by atoms with E-state index in [4.69, 9.17) is 5.11 Å². The second kappa shape index (κ2) is 3.00. The fraction of sp³-hybridized carbons (Fsp3) is 0.714. The van der Waals surface area contributed by atoms with E-state index in [0.29, 0.717) is 0 Å². The number of β-amino-alcohol motifs (C(OH)–C–C–N with tert-alkyl or cyclic N) is 1. The van der Waals surface area contributed by atoms with Crippen LogP contribution in [0.4, 0.5) is 0 Å². The molecule has 4 heteroatoms. The molecule has 1 rings (SSSR count). The number of carbonyl (C=O) groups is 2. The minimum Gasteiger partial charge on any atom is -0.392 e. The largest absolute Gasteiger partial charge is 0.392 e. The molecule has 1 N–H and O–H groups in total. The van der Waals surface area contributed by atoms with Gasteiger partial charge < -0.3 is 10.0 Å². The van der Waals surface area contributed by atoms with E-state index in [1.807, 2.05) is 0 Å². The zero-order chi connectivity index (χ0) is 8.43. The minimum atomic E-state index is -0.551. The lowest BCUT2D eigenvalue weighted by molar-refractivity contribution is -0.128. The molecule has 0 aromatic rings. The van der Waals surface area contributed by atoms with E-state index >= 15 is 0 Å². The first kappa shape index (κ1) is 8.20. The molecule has 1 fully saturated rings. The Balaban J connectivity index is 2.47. The predicted molar refractivity (Wildman–Crippen MR) is 37.9 cm³/mol. The standard InChI is InChI=1S/C7H11NO3/c1-5(9)3-8-4-6(10)2-7(8)11/h5,9H,2-4H2,1H3/t5-/m0/s1. The van der Waals surface area contributed by atoms with Crippen LogP contribution in [-0.2, 0) is 9.59 Å². The average molecular weight is 157 g/mol. The maximum atomic E-state index is 10.9. The van der Waals surface area contributed by atoms with Crippen LogP contribution < -0.4 is 0 Å². The van der Waals surface area contributed by atoms with Crippen molar-refractivity contribution in [3.8, 4) is 0 Å². The number of likely N-dealkylation sites (tertiary alicyclic amines) is 1. The molecule has 4 nitrogen and oxygen atoms in total. The highest BCUT2D eigenvalue weighted by atomic mass is 16.3. The van der Waals surface area contributed by atoms with Crippen molar-refractivity contribution in [2.75, 3.05) is 13.1 Å². The lowest BCUT2D eigenvalue weighted by atomic mass is 10.3. The third kappa shape index (κ3) is 2.01. The van der Waals surface area contributed by atoms with Gasteiger partial charge in [-0.3, -0.25) is 9.59 Å². The molecule has 1 aliphatic heterocycles. The van der Waals surface area contributed by atoms with E-state index in [2.05, 4.69) is 0 Å². The van der Waals surface area contributed by atoms with Crippen LogP contribution >= 0.6 is 0 Å². The number of aliphatic hydroxyl groups excluding tert-OH is 1. The molecule has 0 unspecified atom stereocenters. The summed E-state index contributed by atoms with van der Waals surface area (Å²) in [5.74, 6) is -0.230. The Labute approximate surface area is 64.8 Å². The number of ketones is 1. The maximum Gasteiger partial charge on any atom is 0.230 e. The number of hydrogen-bond acceptors (Lipinski definition) is 3. The molecule has 0 aromatic carbocycles. The molecule has 1 aliphatic rings. The summed E-state index contributed by atoms with van der Waals surface area (Å²) in [6, 6.07) is 0. The van der Waals surface area contributed by atoms with E-state index in [0.717, 1.165) is 0 Å². The molecule has 1 amide bonds. The summed E-state index contributed by atoms with van der Waals surface area (Å²) >= 11 is 0. The van der Waals surface area contributed by atoms with Crippen molar-refractivity contribution in [2.45, 2.75) is 19.4 Å². The van der Waals surface area contributed by atoms with Gasteiger partial charge in [-0.25, -0.2) is 0 Å². The van der Waals surface area contributed by atoms with E-state index in [1.165, 1.54) is 4.90 Å². The van der Waals surface area contributed by atoms with Gasteiger partial charge in [-0.15, -0.1) is 0 Å². The average Bonchev–Trinajstić information content (AvgIpc) is 2.09. The number of aliphatic hydroxyl groups is 1. The van der Waals surface area contributed by atoms with Gasteiger partial charge in [-0.05, 0) is 6.92 Å². The lowest BCUT2D eigenvalue weighted by Gasteiger charge is -2.15. The van der Waals surface area contributed by atoms with Gasteiger partial charge in [0.15, 0.2) is 5.78 Å². The molecule has 0 bridgehead atoms. The summed E-state index contributed by atoms with van der Waals surface area (Å²) in [6.07, 6.45) is -0.544. The molecule has 0 aromatic heterocycles. The number of amides is 1. The molecular weight excluding hydrogens is 146 g/mol. The van der Waals surface area contributed by atoms with E-state index in [-0.39, 0.29) is 31.2 Å². The van der Waals surface area contributed by atoms with Crippen LogP contribution in [0.15, 0.2) is 0 Å². The van der Waals surface area contributed by atoms with Gasteiger partial charge in [0.2, 0.25) is 5.91 Å². The Bertz CT molecular complexity index is 188. The van der Waals surface area contributed by atoms with Crippen LogP contribution in [0.5, 0.6) is 0 Å². The van der Waals surface area contributed by atoms with Crippen LogP contribution in [-0.4, -0.2) is 40.9 Å². The summed E-state index contributed by atoms with van der Waals surface area (Å²) in [4.78, 5) is 23.0. The van der Waals surface area contributed by atoms with Crippen LogP contribution in [0.3, 0.4) is 0 Å². The quantitative estimate of drug-likeness (QED) is 0.532. The number of carbonyl (C=O) groups excluding carboxylic acids is 2. The summed E-state index contributed by atoms with van der Waals surface area (Å²) in [5, 5.41) is 8.91. The number of nitrogens with zero attached hydrogens (tertiary/aromatic N) is 1. The van der Waals surface area contributed by atoms with Gasteiger partial charge in [-0.2, -0.15) is 0 Å². The minimum absolute atomic E-state index is 0.00667. The van der Waals surface area contributed by atoms with Crippen molar-refractivity contribution in [3.63, 3.8) is 0 Å². The van der Waals surface area contributed by atoms with Gasteiger partial charge in [0.25, 0.3) is 0 Å². The maximum absolute atomic E-state index is 10.9. The third-order valence-electron chi connectivity index (χ3n) is 1.55. The van der Waals surface area contributed by atoms with Crippen LogP contribution in [0.25, 0.3) is 0 Å². The highest BCUT2D eigenvalue weighted by Gasteiger charge is 2.27. The Morgan fingerprint density at radius 2 is 2.27 bits per heavy atom. The number of rotatable bonds is 2. The molecule has 1 saturated heterocycles. The summed E-state index contributed by atoms with van der Waals surface area (Å²) in [7, 11) is 0. The molecule has 1 atom stereocenters. The molecule has 0 aliphatic carbocycles. The molecule has 0 radical (unpaired) electrons. The van der Waals surface area contributed by atoms with Crippen molar-refractivity contribution in [3.05, 3.63) is 0 Å². The van der Waals surface area contributed by atoms with Gasteiger partial charge in [0, 0.05) is 6.54 Å². The first-order valence-corrected chi connectivity index (χ1v) is 3.57. The Morgan fingerprint density at radius 3 is 2.64 bits per heavy atom. The zero-order valence-corrected chi connectivity index (χ0v) is 6.41. The van der Waals surface area contributed by atoms with Crippen molar-refractivity contribution in [2.24, 2.45) is 0 Å². The zero-order valence-electron chi connectivity index (χ0n) is 6.41. The Kier molecular flexibility index (Phi) is 2.24. The van der Waals surface area contributed by atoms with E-state index < -0.39 is 6.10 Å². The molecule has 1 heterocycles. The normalized spacial score (nSPS) is 21.1. The second-order valence-electron chi connectivity index (χ2n) is 2.84. The van der Waals surface area contributed by atoms with Crippen LogP contribution in [0, 0.1) is 0 Å². The molecule has 0 saturated carbocycles. The SMILES string of the molecule is C[C@H](O)CN1CC(=O)CC1=O. The summed E-state index contributed by atoms with van der Waals surface area (Å²) < 4.78 is 0. The molecule has 11 heavy (non-hydrogen) atoms. The topological polar surface area (TPSA) is 57.6 Å². The molecular formula is C7H11NO3. The third-order valence-corrected chi connectivity index (χ3v) is 1.55. The van der Waals surface area contributed by atoms with E-state index in [1.54, 1.807) is 6.92 Å². The smallest absolute Gasteiger partial charge is 0.230 e. The molecule has 62 valence electrons. The lowest BCUT2D eigenvalue weighted by Crippen LogP contribution is -2.32. The highest BCUT2D eigenvalue weighted by Crippen LogP contribution is 2.06. The predicted octanol–water partition coefficient (Wildman–Crippen LogP) is -0.831. The second-order valence-corrected chi connectivity index (χ2v) is 2.84. The molecule has 0 spiro atoms. The van der Waals surface area contributed by atoms with Gasteiger partial charge in [0.1, 0.15) is 0 Å². The van der Waals surface area contributed by atoms with Crippen molar-refractivity contribution in [1.29, 1.82) is 0 Å². The van der Waals surface area contributed by atoms with Crippen molar-refractivity contribution >= 4 is 11.7 Å². The Morgan fingerprint density at radius 1 is 1.64 bits per heavy atom. The van der Waals surface area contributed by atoms with Crippen molar-refractivity contribution < 1.29 is 14.7 Å². The van der Waals surface area contributed by atoms with Crippen LogP contribution in [0.1, 0.15) is 13.3 Å². The first-order valence-electron chi connectivity index (χ1n) is 3.57. The fourth-order valence-corrected chi connectivity index (χ4v) is 1.12. The number of hydrogen-bond donors (Lipinski definition) is 1.